The average Bonchev–Trinajstić information content (AvgIpc) is 3.18. The fraction of sp³-hybridized carbons (Fsp3) is 0.348. The molecule has 5 heteroatoms. The Morgan fingerprint density at radius 1 is 0.964 bits per heavy atom. The predicted molar refractivity (Wildman–Crippen MR) is 110 cm³/mol. The lowest BCUT2D eigenvalue weighted by molar-refractivity contribution is -0.119. The lowest BCUT2D eigenvalue weighted by Gasteiger charge is -2.39. The molecule has 0 aliphatic carbocycles. The Morgan fingerprint density at radius 3 is 2.11 bits per heavy atom. The summed E-state index contributed by atoms with van der Waals surface area (Å²) >= 11 is 0. The Bertz CT molecular complexity index is 959. The molecule has 0 spiro atoms. The maximum atomic E-state index is 13.0. The Hall–Kier alpha value is -2.95. The summed E-state index contributed by atoms with van der Waals surface area (Å²) in [4.78, 5) is 19.4. The molecule has 5 nitrogen and oxygen atoms in total. The molecule has 1 amide bonds. The summed E-state index contributed by atoms with van der Waals surface area (Å²) in [5.74, 6) is 0.741. The molecule has 0 radical (unpaired) electrons. The van der Waals surface area contributed by atoms with Crippen molar-refractivity contribution in [1.82, 2.24) is 14.8 Å². The summed E-state index contributed by atoms with van der Waals surface area (Å²) in [7, 11) is 0. The molecule has 1 aromatic heterocycles. The standard InChI is InChI=1S/C23H26N4O/c1-4-5-22(28)26-20(18-10-6-16(2)7-11-18)14-21(27-23(26)24-15-25-27)19-12-8-17(3)9-13-19/h6-13,15,20-21H,4-5,14H2,1-3H3/t20-,21-/m1/s1. The molecule has 0 bridgehead atoms. The fourth-order valence-corrected chi connectivity index (χ4v) is 3.95. The van der Waals surface area contributed by atoms with Crippen LogP contribution in [-0.2, 0) is 4.79 Å². The predicted octanol–water partition coefficient (Wildman–Crippen LogP) is 4.76. The maximum Gasteiger partial charge on any atom is 0.231 e. The van der Waals surface area contributed by atoms with Crippen LogP contribution < -0.4 is 4.90 Å². The smallest absolute Gasteiger partial charge is 0.231 e. The zero-order valence-electron chi connectivity index (χ0n) is 16.7. The third-order valence-corrected chi connectivity index (χ3v) is 5.48. The van der Waals surface area contributed by atoms with Gasteiger partial charge in [0.05, 0.1) is 12.1 Å². The van der Waals surface area contributed by atoms with Crippen LogP contribution in [-0.4, -0.2) is 20.7 Å². The van der Waals surface area contributed by atoms with Gasteiger partial charge in [-0.3, -0.25) is 9.69 Å². The van der Waals surface area contributed by atoms with Crippen molar-refractivity contribution >= 4 is 11.9 Å². The van der Waals surface area contributed by atoms with Crippen molar-refractivity contribution in [3.05, 3.63) is 77.1 Å². The van der Waals surface area contributed by atoms with Gasteiger partial charge in [-0.2, -0.15) is 10.1 Å². The second-order valence-corrected chi connectivity index (χ2v) is 7.61. The molecule has 0 N–H and O–H groups in total. The number of aromatic nitrogens is 3. The molecular formula is C23H26N4O. The molecule has 0 unspecified atom stereocenters. The molecule has 0 saturated carbocycles. The summed E-state index contributed by atoms with van der Waals surface area (Å²) in [5, 5.41) is 4.48. The molecular weight excluding hydrogens is 348 g/mol. The maximum absolute atomic E-state index is 13.0. The van der Waals surface area contributed by atoms with Gasteiger partial charge in [0.1, 0.15) is 6.33 Å². The first-order chi connectivity index (χ1) is 13.6. The molecule has 2 atom stereocenters. The largest absolute Gasteiger partial charge is 0.274 e. The Morgan fingerprint density at radius 2 is 1.54 bits per heavy atom. The van der Waals surface area contributed by atoms with Crippen LogP contribution in [0, 0.1) is 13.8 Å². The van der Waals surface area contributed by atoms with E-state index in [4.69, 9.17) is 0 Å². The van der Waals surface area contributed by atoms with Gasteiger partial charge in [-0.05, 0) is 37.8 Å². The molecule has 4 rings (SSSR count). The summed E-state index contributed by atoms with van der Waals surface area (Å²) in [5.41, 5.74) is 4.77. The van der Waals surface area contributed by atoms with Crippen molar-refractivity contribution in [2.75, 3.05) is 4.90 Å². The van der Waals surface area contributed by atoms with E-state index in [1.165, 1.54) is 16.7 Å². The fourth-order valence-electron chi connectivity index (χ4n) is 3.95. The van der Waals surface area contributed by atoms with Gasteiger partial charge in [0.15, 0.2) is 0 Å². The highest BCUT2D eigenvalue weighted by Gasteiger charge is 2.38. The van der Waals surface area contributed by atoms with Crippen molar-refractivity contribution in [1.29, 1.82) is 0 Å². The number of hydrogen-bond donors (Lipinski definition) is 0. The molecule has 3 aromatic rings. The van der Waals surface area contributed by atoms with Crippen molar-refractivity contribution in [2.24, 2.45) is 0 Å². The molecule has 2 aromatic carbocycles. The summed E-state index contributed by atoms with van der Waals surface area (Å²) in [6.45, 7) is 6.20. The third kappa shape index (κ3) is 3.33. The van der Waals surface area contributed by atoms with Gasteiger partial charge in [-0.25, -0.2) is 4.68 Å². The van der Waals surface area contributed by atoms with E-state index in [0.29, 0.717) is 12.4 Å². The van der Waals surface area contributed by atoms with Gasteiger partial charge in [-0.1, -0.05) is 66.6 Å². The van der Waals surface area contributed by atoms with E-state index in [9.17, 15) is 4.79 Å². The first-order valence-electron chi connectivity index (χ1n) is 9.93. The summed E-state index contributed by atoms with van der Waals surface area (Å²) in [6, 6.07) is 17.0. The van der Waals surface area contributed by atoms with E-state index in [1.54, 1.807) is 6.33 Å². The number of nitrogens with zero attached hydrogens (tertiary/aromatic N) is 4. The van der Waals surface area contributed by atoms with Gasteiger partial charge in [0.2, 0.25) is 11.9 Å². The van der Waals surface area contributed by atoms with Crippen LogP contribution in [0.2, 0.25) is 0 Å². The van der Waals surface area contributed by atoms with Crippen LogP contribution in [0.3, 0.4) is 0 Å². The quantitative estimate of drug-likeness (QED) is 0.661. The molecule has 2 heterocycles. The molecule has 0 fully saturated rings. The van der Waals surface area contributed by atoms with Gasteiger partial charge >= 0.3 is 0 Å². The van der Waals surface area contributed by atoms with Crippen LogP contribution in [0.4, 0.5) is 5.95 Å². The van der Waals surface area contributed by atoms with Crippen molar-refractivity contribution in [3.63, 3.8) is 0 Å². The number of fused-ring (bicyclic) bond motifs is 1. The highest BCUT2D eigenvalue weighted by atomic mass is 16.2. The third-order valence-electron chi connectivity index (χ3n) is 5.48. The van der Waals surface area contributed by atoms with Crippen molar-refractivity contribution < 1.29 is 4.79 Å². The first kappa shape index (κ1) is 18.4. The lowest BCUT2D eigenvalue weighted by atomic mass is 9.91. The minimum absolute atomic E-state index is 0.0510. The Balaban J connectivity index is 1.81. The van der Waals surface area contributed by atoms with E-state index in [2.05, 4.69) is 72.5 Å². The van der Waals surface area contributed by atoms with E-state index in [0.717, 1.165) is 18.4 Å². The Kier molecular flexibility index (Phi) is 4.99. The van der Waals surface area contributed by atoms with E-state index in [1.807, 2.05) is 16.5 Å². The number of amides is 1. The summed E-state index contributed by atoms with van der Waals surface area (Å²) < 4.78 is 1.91. The first-order valence-corrected chi connectivity index (χ1v) is 9.93. The van der Waals surface area contributed by atoms with E-state index < -0.39 is 0 Å². The molecule has 0 saturated heterocycles. The highest BCUT2D eigenvalue weighted by molar-refractivity contribution is 5.92. The van der Waals surface area contributed by atoms with Crippen LogP contribution in [0.5, 0.6) is 0 Å². The second-order valence-electron chi connectivity index (χ2n) is 7.61. The number of carbonyl (C=O) groups is 1. The number of carbonyl (C=O) groups excluding carboxylic acids is 1. The minimum Gasteiger partial charge on any atom is -0.274 e. The number of benzene rings is 2. The Labute approximate surface area is 166 Å². The number of anilines is 1. The van der Waals surface area contributed by atoms with E-state index in [-0.39, 0.29) is 18.0 Å². The second kappa shape index (κ2) is 7.58. The molecule has 1 aliphatic rings. The van der Waals surface area contributed by atoms with Crippen LogP contribution in [0.25, 0.3) is 0 Å². The van der Waals surface area contributed by atoms with Gasteiger partial charge in [0.25, 0.3) is 0 Å². The van der Waals surface area contributed by atoms with Gasteiger partial charge < -0.3 is 0 Å². The van der Waals surface area contributed by atoms with Crippen LogP contribution >= 0.6 is 0 Å². The normalized spacial score (nSPS) is 18.8. The molecule has 1 aliphatic heterocycles. The zero-order chi connectivity index (χ0) is 19.7. The molecule has 144 valence electrons. The van der Waals surface area contributed by atoms with Crippen LogP contribution in [0.15, 0.2) is 54.9 Å². The van der Waals surface area contributed by atoms with Crippen LogP contribution in [0.1, 0.15) is 60.5 Å². The minimum atomic E-state index is -0.0531. The summed E-state index contributed by atoms with van der Waals surface area (Å²) in [6.07, 6.45) is 3.65. The molecule has 28 heavy (non-hydrogen) atoms. The average molecular weight is 374 g/mol. The zero-order valence-corrected chi connectivity index (χ0v) is 16.7. The van der Waals surface area contributed by atoms with Crippen molar-refractivity contribution in [2.45, 2.75) is 52.1 Å². The van der Waals surface area contributed by atoms with Gasteiger partial charge in [0, 0.05) is 6.42 Å². The van der Waals surface area contributed by atoms with Gasteiger partial charge in [-0.15, -0.1) is 0 Å². The SMILES string of the molecule is CCCC(=O)N1c2ncnn2[C@@H](c2ccc(C)cc2)C[C@@H]1c1ccc(C)cc1. The monoisotopic (exact) mass is 374 g/mol. The number of hydrogen-bond acceptors (Lipinski definition) is 3. The lowest BCUT2D eigenvalue weighted by Crippen LogP contribution is -2.42. The number of aryl methyl sites for hydroxylation is 2. The highest BCUT2D eigenvalue weighted by Crippen LogP contribution is 2.42. The topological polar surface area (TPSA) is 51.0 Å². The number of rotatable bonds is 4. The van der Waals surface area contributed by atoms with E-state index >= 15 is 0 Å². The van der Waals surface area contributed by atoms with Crippen molar-refractivity contribution in [3.8, 4) is 0 Å².